The average molecular weight is 293 g/mol. The molecule has 0 saturated carbocycles. The van der Waals surface area contributed by atoms with Gasteiger partial charge in [-0.25, -0.2) is 9.97 Å². The lowest BCUT2D eigenvalue weighted by Crippen LogP contribution is -2.32. The fourth-order valence-corrected chi connectivity index (χ4v) is 2.20. The van der Waals surface area contributed by atoms with Crippen LogP contribution < -0.4 is 4.90 Å². The number of ether oxygens (including phenoxy) is 1. The summed E-state index contributed by atoms with van der Waals surface area (Å²) >= 11 is 9.30. The Hall–Kier alpha value is -0.390. The van der Waals surface area contributed by atoms with E-state index in [0.717, 1.165) is 29.9 Å². The van der Waals surface area contributed by atoms with E-state index in [9.17, 15) is 0 Å². The van der Waals surface area contributed by atoms with E-state index in [2.05, 4.69) is 30.8 Å². The summed E-state index contributed by atoms with van der Waals surface area (Å²) < 4.78 is 6.07. The van der Waals surface area contributed by atoms with Crippen LogP contribution in [0.4, 0.5) is 5.82 Å². The quantitative estimate of drug-likeness (QED) is 0.783. The van der Waals surface area contributed by atoms with Gasteiger partial charge in [-0.15, -0.1) is 0 Å². The predicted octanol–water partition coefficient (Wildman–Crippen LogP) is 2.12. The molecule has 82 valence electrons. The molecule has 0 amide bonds. The highest BCUT2D eigenvalue weighted by atomic mass is 79.9. The highest BCUT2D eigenvalue weighted by Gasteiger charge is 2.23. The number of likely N-dealkylation sites (N-methyl/N-ethyl adjacent to an activating group) is 1. The predicted molar refractivity (Wildman–Crippen MR) is 62.4 cm³/mol. The van der Waals surface area contributed by atoms with Gasteiger partial charge in [-0.2, -0.15) is 0 Å². The summed E-state index contributed by atoms with van der Waals surface area (Å²) in [6.07, 6.45) is 2.49. The maximum absolute atomic E-state index is 5.91. The summed E-state index contributed by atoms with van der Waals surface area (Å²) in [6, 6.07) is 0.368. The van der Waals surface area contributed by atoms with Crippen LogP contribution in [0.15, 0.2) is 10.8 Å². The van der Waals surface area contributed by atoms with Crippen molar-refractivity contribution in [3.8, 4) is 0 Å². The zero-order valence-corrected chi connectivity index (χ0v) is 10.6. The molecule has 0 aromatic carbocycles. The molecule has 1 unspecified atom stereocenters. The average Bonchev–Trinajstić information content (AvgIpc) is 2.74. The topological polar surface area (TPSA) is 38.2 Å². The molecule has 0 radical (unpaired) electrons. The lowest BCUT2D eigenvalue weighted by atomic mass is 10.2. The van der Waals surface area contributed by atoms with Gasteiger partial charge >= 0.3 is 0 Å². The van der Waals surface area contributed by atoms with Crippen molar-refractivity contribution < 1.29 is 4.74 Å². The van der Waals surface area contributed by atoms with Gasteiger partial charge in [-0.05, 0) is 22.4 Å². The number of rotatable bonds is 2. The molecule has 2 heterocycles. The number of hydrogen-bond donors (Lipinski definition) is 0. The summed E-state index contributed by atoms with van der Waals surface area (Å²) in [5, 5.41) is 0.436. The summed E-state index contributed by atoms with van der Waals surface area (Å²) in [6.45, 7) is 1.55. The standard InChI is InChI=1S/C9H11BrClN3O/c1-14(6-2-3-15-4-6)9-7(10)8(11)12-5-13-9/h5-6H,2-4H2,1H3. The van der Waals surface area contributed by atoms with E-state index in [4.69, 9.17) is 16.3 Å². The maximum Gasteiger partial charge on any atom is 0.148 e. The number of halogens is 2. The highest BCUT2D eigenvalue weighted by Crippen LogP contribution is 2.30. The Morgan fingerprint density at radius 3 is 3.07 bits per heavy atom. The molecule has 0 aliphatic carbocycles. The minimum Gasteiger partial charge on any atom is -0.379 e. The zero-order chi connectivity index (χ0) is 10.8. The second-order valence-electron chi connectivity index (χ2n) is 3.43. The molecular formula is C9H11BrClN3O. The normalized spacial score (nSPS) is 20.6. The van der Waals surface area contributed by atoms with Crippen LogP contribution in [0, 0.1) is 0 Å². The van der Waals surface area contributed by atoms with Crippen molar-refractivity contribution in [3.63, 3.8) is 0 Å². The Labute approximate surface area is 102 Å². The first-order valence-corrected chi connectivity index (χ1v) is 5.84. The third-order valence-electron chi connectivity index (χ3n) is 2.52. The van der Waals surface area contributed by atoms with E-state index in [1.807, 2.05) is 7.05 Å². The molecule has 2 rings (SSSR count). The molecule has 1 aliphatic rings. The van der Waals surface area contributed by atoms with E-state index in [1.54, 1.807) is 0 Å². The fourth-order valence-electron chi connectivity index (χ4n) is 1.59. The molecule has 4 nitrogen and oxygen atoms in total. The molecule has 0 bridgehead atoms. The van der Waals surface area contributed by atoms with Crippen LogP contribution in [-0.4, -0.2) is 36.3 Å². The molecule has 1 aliphatic heterocycles. The molecule has 6 heteroatoms. The van der Waals surface area contributed by atoms with Gasteiger partial charge in [0.2, 0.25) is 0 Å². The highest BCUT2D eigenvalue weighted by molar-refractivity contribution is 9.10. The molecule has 1 aromatic rings. The van der Waals surface area contributed by atoms with Crippen LogP contribution in [0.25, 0.3) is 0 Å². The van der Waals surface area contributed by atoms with E-state index >= 15 is 0 Å². The molecule has 1 fully saturated rings. The molecule has 15 heavy (non-hydrogen) atoms. The van der Waals surface area contributed by atoms with E-state index in [0.29, 0.717) is 11.2 Å². The second-order valence-corrected chi connectivity index (χ2v) is 4.58. The van der Waals surface area contributed by atoms with Crippen LogP contribution >= 0.6 is 27.5 Å². The smallest absolute Gasteiger partial charge is 0.148 e. The molecule has 0 N–H and O–H groups in total. The Balaban J connectivity index is 2.24. The largest absolute Gasteiger partial charge is 0.379 e. The first-order chi connectivity index (χ1) is 7.20. The van der Waals surface area contributed by atoms with Gasteiger partial charge in [0.1, 0.15) is 17.3 Å². The maximum atomic E-state index is 5.91. The molecular weight excluding hydrogens is 281 g/mol. The number of hydrogen-bond acceptors (Lipinski definition) is 4. The minimum absolute atomic E-state index is 0.368. The molecule has 1 aromatic heterocycles. The van der Waals surface area contributed by atoms with Crippen molar-refractivity contribution in [1.29, 1.82) is 0 Å². The van der Waals surface area contributed by atoms with Crippen molar-refractivity contribution >= 4 is 33.3 Å². The van der Waals surface area contributed by atoms with Crippen molar-refractivity contribution in [2.75, 3.05) is 25.2 Å². The molecule has 1 saturated heterocycles. The fraction of sp³-hybridized carbons (Fsp3) is 0.556. The van der Waals surface area contributed by atoms with Gasteiger partial charge in [0.15, 0.2) is 0 Å². The van der Waals surface area contributed by atoms with E-state index in [-0.39, 0.29) is 0 Å². The van der Waals surface area contributed by atoms with Crippen molar-refractivity contribution in [2.45, 2.75) is 12.5 Å². The van der Waals surface area contributed by atoms with Gasteiger partial charge in [0.25, 0.3) is 0 Å². The lowest BCUT2D eigenvalue weighted by molar-refractivity contribution is 0.193. The van der Waals surface area contributed by atoms with Gasteiger partial charge in [-0.3, -0.25) is 0 Å². The minimum atomic E-state index is 0.368. The van der Waals surface area contributed by atoms with Gasteiger partial charge in [-0.1, -0.05) is 11.6 Å². The van der Waals surface area contributed by atoms with Crippen LogP contribution in [-0.2, 0) is 4.74 Å². The van der Waals surface area contributed by atoms with Gasteiger partial charge in [0.05, 0.1) is 17.1 Å². The monoisotopic (exact) mass is 291 g/mol. The SMILES string of the molecule is CN(c1ncnc(Cl)c1Br)C1CCOC1. The Kier molecular flexibility index (Phi) is 3.43. The van der Waals surface area contributed by atoms with Crippen LogP contribution in [0.1, 0.15) is 6.42 Å². The first kappa shape index (κ1) is 11.1. The first-order valence-electron chi connectivity index (χ1n) is 4.66. The summed E-state index contributed by atoms with van der Waals surface area (Å²) in [7, 11) is 1.99. The summed E-state index contributed by atoms with van der Waals surface area (Å²) in [4.78, 5) is 10.2. The van der Waals surface area contributed by atoms with E-state index in [1.165, 1.54) is 6.33 Å². The number of nitrogens with zero attached hydrogens (tertiary/aromatic N) is 3. The van der Waals surface area contributed by atoms with Crippen LogP contribution in [0.3, 0.4) is 0 Å². The number of anilines is 1. The Morgan fingerprint density at radius 2 is 2.40 bits per heavy atom. The van der Waals surface area contributed by atoms with Crippen molar-refractivity contribution in [1.82, 2.24) is 9.97 Å². The van der Waals surface area contributed by atoms with Crippen LogP contribution in [0.5, 0.6) is 0 Å². The number of aromatic nitrogens is 2. The summed E-state index contributed by atoms with van der Waals surface area (Å²) in [5.41, 5.74) is 0. The van der Waals surface area contributed by atoms with Crippen molar-refractivity contribution in [3.05, 3.63) is 16.0 Å². The third-order valence-corrected chi connectivity index (χ3v) is 3.76. The van der Waals surface area contributed by atoms with Gasteiger partial charge in [0, 0.05) is 13.7 Å². The third kappa shape index (κ3) is 2.24. The molecule has 1 atom stereocenters. The van der Waals surface area contributed by atoms with Gasteiger partial charge < -0.3 is 9.64 Å². The summed E-state index contributed by atoms with van der Waals surface area (Å²) in [5.74, 6) is 0.811. The Morgan fingerprint density at radius 1 is 1.60 bits per heavy atom. The van der Waals surface area contributed by atoms with Crippen LogP contribution in [0.2, 0.25) is 5.15 Å². The van der Waals surface area contributed by atoms with E-state index < -0.39 is 0 Å². The Bertz CT molecular complexity index is 357. The van der Waals surface area contributed by atoms with Crippen molar-refractivity contribution in [2.24, 2.45) is 0 Å². The zero-order valence-electron chi connectivity index (χ0n) is 8.28. The molecule has 0 spiro atoms. The lowest BCUT2D eigenvalue weighted by Gasteiger charge is -2.25. The second kappa shape index (κ2) is 4.63.